The molecular formula is C14H24N4O. The van der Waals surface area contributed by atoms with Crippen LogP contribution < -0.4 is 5.32 Å². The van der Waals surface area contributed by atoms with E-state index in [1.165, 1.54) is 6.42 Å². The van der Waals surface area contributed by atoms with Crippen molar-refractivity contribution < 1.29 is 4.74 Å². The van der Waals surface area contributed by atoms with E-state index in [1.54, 1.807) is 13.3 Å². The highest BCUT2D eigenvalue weighted by Crippen LogP contribution is 2.24. The SMILES string of the molecule is CCNc1cnc(CN2CCCC(C)(OC)C2)cn1. The third-order valence-electron chi connectivity index (χ3n) is 3.68. The van der Waals surface area contributed by atoms with Crippen molar-refractivity contribution >= 4 is 5.82 Å². The highest BCUT2D eigenvalue weighted by Gasteiger charge is 2.30. The smallest absolute Gasteiger partial charge is 0.144 e. The van der Waals surface area contributed by atoms with Crippen molar-refractivity contribution in [3.63, 3.8) is 0 Å². The van der Waals surface area contributed by atoms with Crippen LogP contribution in [0.25, 0.3) is 0 Å². The molecule has 1 fully saturated rings. The number of rotatable bonds is 5. The molecule has 5 nitrogen and oxygen atoms in total. The second-order valence-electron chi connectivity index (χ2n) is 5.39. The zero-order valence-electron chi connectivity index (χ0n) is 12.1. The number of hydrogen-bond acceptors (Lipinski definition) is 5. The van der Waals surface area contributed by atoms with Gasteiger partial charge in [0.25, 0.3) is 0 Å². The van der Waals surface area contributed by atoms with Gasteiger partial charge in [-0.1, -0.05) is 0 Å². The van der Waals surface area contributed by atoms with Crippen LogP contribution in [-0.2, 0) is 11.3 Å². The van der Waals surface area contributed by atoms with Crippen LogP contribution in [-0.4, -0.2) is 47.2 Å². The number of nitrogens with zero attached hydrogens (tertiary/aromatic N) is 3. The molecule has 1 aliphatic heterocycles. The molecule has 1 aliphatic rings. The molecule has 0 radical (unpaired) electrons. The summed E-state index contributed by atoms with van der Waals surface area (Å²) >= 11 is 0. The molecule has 106 valence electrons. The molecule has 19 heavy (non-hydrogen) atoms. The van der Waals surface area contributed by atoms with E-state index < -0.39 is 0 Å². The number of methoxy groups -OCH3 is 1. The fourth-order valence-corrected chi connectivity index (χ4v) is 2.55. The maximum Gasteiger partial charge on any atom is 0.144 e. The lowest BCUT2D eigenvalue weighted by atomic mass is 9.95. The molecule has 0 bridgehead atoms. The summed E-state index contributed by atoms with van der Waals surface area (Å²) in [5.74, 6) is 0.839. The van der Waals surface area contributed by atoms with Crippen LogP contribution in [0.3, 0.4) is 0 Å². The van der Waals surface area contributed by atoms with Crippen molar-refractivity contribution in [2.24, 2.45) is 0 Å². The second-order valence-corrected chi connectivity index (χ2v) is 5.39. The predicted octanol–water partition coefficient (Wildman–Crippen LogP) is 1.91. The summed E-state index contributed by atoms with van der Waals surface area (Å²) in [6, 6.07) is 0. The van der Waals surface area contributed by atoms with Crippen LogP contribution in [0.15, 0.2) is 12.4 Å². The monoisotopic (exact) mass is 264 g/mol. The molecule has 0 amide bonds. The molecule has 1 aromatic heterocycles. The lowest BCUT2D eigenvalue weighted by Gasteiger charge is -2.39. The molecule has 1 aromatic rings. The minimum atomic E-state index is -0.0185. The average Bonchev–Trinajstić information content (AvgIpc) is 2.42. The lowest BCUT2D eigenvalue weighted by molar-refractivity contribution is -0.0529. The van der Waals surface area contributed by atoms with Gasteiger partial charge in [-0.25, -0.2) is 4.98 Å². The summed E-state index contributed by atoms with van der Waals surface area (Å²) in [6.07, 6.45) is 5.97. The van der Waals surface area contributed by atoms with Gasteiger partial charge in [-0.2, -0.15) is 0 Å². The van der Waals surface area contributed by atoms with Crippen molar-refractivity contribution in [3.8, 4) is 0 Å². The first-order valence-corrected chi connectivity index (χ1v) is 6.97. The number of hydrogen-bond donors (Lipinski definition) is 1. The maximum atomic E-state index is 5.61. The van der Waals surface area contributed by atoms with Gasteiger partial charge in [0.05, 0.1) is 23.7 Å². The molecule has 0 spiro atoms. The Kier molecular flexibility index (Phi) is 4.71. The molecule has 1 saturated heterocycles. The second kappa shape index (κ2) is 6.30. The standard InChI is InChI=1S/C14H24N4O/c1-4-15-13-9-16-12(8-17-13)10-18-7-5-6-14(2,11-18)19-3/h8-9H,4-7,10-11H2,1-3H3,(H,15,17). The number of nitrogens with one attached hydrogen (secondary N) is 1. The molecule has 1 N–H and O–H groups in total. The van der Waals surface area contributed by atoms with Gasteiger partial charge in [0, 0.05) is 26.7 Å². The van der Waals surface area contributed by atoms with Gasteiger partial charge in [0.1, 0.15) is 5.82 Å². The Morgan fingerprint density at radius 3 is 2.89 bits per heavy atom. The van der Waals surface area contributed by atoms with Gasteiger partial charge in [0.2, 0.25) is 0 Å². The summed E-state index contributed by atoms with van der Waals surface area (Å²) in [7, 11) is 1.80. The fourth-order valence-electron chi connectivity index (χ4n) is 2.55. The van der Waals surface area contributed by atoms with E-state index >= 15 is 0 Å². The van der Waals surface area contributed by atoms with Crippen molar-refractivity contribution in [2.45, 2.75) is 38.8 Å². The van der Waals surface area contributed by atoms with E-state index in [0.717, 1.165) is 44.1 Å². The molecule has 5 heteroatoms. The van der Waals surface area contributed by atoms with Gasteiger partial charge < -0.3 is 10.1 Å². The van der Waals surface area contributed by atoms with Crippen LogP contribution in [0.1, 0.15) is 32.4 Å². The minimum Gasteiger partial charge on any atom is -0.377 e. The largest absolute Gasteiger partial charge is 0.377 e. The summed E-state index contributed by atoms with van der Waals surface area (Å²) < 4.78 is 5.61. The Balaban J connectivity index is 1.93. The Morgan fingerprint density at radius 1 is 1.42 bits per heavy atom. The fraction of sp³-hybridized carbons (Fsp3) is 0.714. The van der Waals surface area contributed by atoms with E-state index in [9.17, 15) is 0 Å². The third-order valence-corrected chi connectivity index (χ3v) is 3.68. The molecule has 0 saturated carbocycles. The molecular weight excluding hydrogens is 240 g/mol. The molecule has 0 aliphatic carbocycles. The van der Waals surface area contributed by atoms with Crippen molar-refractivity contribution in [2.75, 3.05) is 32.1 Å². The first kappa shape index (κ1) is 14.2. The third kappa shape index (κ3) is 3.88. The highest BCUT2D eigenvalue weighted by molar-refractivity contribution is 5.30. The number of anilines is 1. The van der Waals surface area contributed by atoms with E-state index in [4.69, 9.17) is 4.74 Å². The molecule has 1 unspecified atom stereocenters. The van der Waals surface area contributed by atoms with E-state index in [0.29, 0.717) is 0 Å². The van der Waals surface area contributed by atoms with E-state index in [1.807, 2.05) is 6.20 Å². The lowest BCUT2D eigenvalue weighted by Crippen LogP contribution is -2.46. The van der Waals surface area contributed by atoms with Crippen LogP contribution in [0.2, 0.25) is 0 Å². The van der Waals surface area contributed by atoms with E-state index in [-0.39, 0.29) is 5.60 Å². The van der Waals surface area contributed by atoms with Crippen molar-refractivity contribution in [1.82, 2.24) is 14.9 Å². The zero-order valence-corrected chi connectivity index (χ0v) is 12.1. The summed E-state index contributed by atoms with van der Waals surface area (Å²) in [5, 5.41) is 3.15. The average molecular weight is 264 g/mol. The van der Waals surface area contributed by atoms with Crippen LogP contribution in [0.5, 0.6) is 0 Å². The summed E-state index contributed by atoms with van der Waals surface area (Å²) in [5.41, 5.74) is 0.997. The molecule has 1 atom stereocenters. The predicted molar refractivity (Wildman–Crippen MR) is 76.1 cm³/mol. The summed E-state index contributed by atoms with van der Waals surface area (Å²) in [4.78, 5) is 11.2. The Bertz CT molecular complexity index is 395. The number of piperidine rings is 1. The van der Waals surface area contributed by atoms with Gasteiger partial charge in [-0.3, -0.25) is 9.88 Å². The molecule has 2 heterocycles. The van der Waals surface area contributed by atoms with Gasteiger partial charge in [0.15, 0.2) is 0 Å². The summed E-state index contributed by atoms with van der Waals surface area (Å²) in [6.45, 7) is 8.01. The topological polar surface area (TPSA) is 50.3 Å². The molecule has 2 rings (SSSR count). The Hall–Kier alpha value is -1.20. The number of likely N-dealkylation sites (tertiary alicyclic amines) is 1. The van der Waals surface area contributed by atoms with Crippen molar-refractivity contribution in [3.05, 3.63) is 18.1 Å². The number of aromatic nitrogens is 2. The first-order chi connectivity index (χ1) is 9.15. The maximum absolute atomic E-state index is 5.61. The number of ether oxygens (including phenoxy) is 1. The van der Waals surface area contributed by atoms with Crippen LogP contribution >= 0.6 is 0 Å². The zero-order chi connectivity index (χ0) is 13.7. The first-order valence-electron chi connectivity index (χ1n) is 6.97. The normalized spacial score (nSPS) is 24.4. The van der Waals surface area contributed by atoms with Crippen LogP contribution in [0, 0.1) is 0 Å². The quantitative estimate of drug-likeness (QED) is 0.880. The van der Waals surface area contributed by atoms with E-state index in [2.05, 4.69) is 34.0 Å². The minimum absolute atomic E-state index is 0.0185. The Labute approximate surface area is 115 Å². The van der Waals surface area contributed by atoms with Gasteiger partial charge >= 0.3 is 0 Å². The van der Waals surface area contributed by atoms with Gasteiger partial charge in [-0.15, -0.1) is 0 Å². The molecule has 0 aromatic carbocycles. The highest BCUT2D eigenvalue weighted by atomic mass is 16.5. The van der Waals surface area contributed by atoms with Crippen molar-refractivity contribution in [1.29, 1.82) is 0 Å². The van der Waals surface area contributed by atoms with Crippen LogP contribution in [0.4, 0.5) is 5.82 Å². The van der Waals surface area contributed by atoms with Gasteiger partial charge in [-0.05, 0) is 33.2 Å². The Morgan fingerprint density at radius 2 is 2.26 bits per heavy atom.